The third-order valence-corrected chi connectivity index (χ3v) is 4.22. The van der Waals surface area contributed by atoms with Crippen LogP contribution in [0.2, 0.25) is 0 Å². The van der Waals surface area contributed by atoms with E-state index in [1.54, 1.807) is 0 Å². The second kappa shape index (κ2) is 7.78. The van der Waals surface area contributed by atoms with Gasteiger partial charge in [0.2, 0.25) is 0 Å². The van der Waals surface area contributed by atoms with E-state index in [0.29, 0.717) is 6.61 Å². The van der Waals surface area contributed by atoms with Gasteiger partial charge in [-0.25, -0.2) is 0 Å². The maximum atomic E-state index is 6.01. The van der Waals surface area contributed by atoms with Crippen LogP contribution in [0.25, 0.3) is 0 Å². The van der Waals surface area contributed by atoms with Gasteiger partial charge in [-0.1, -0.05) is 13.0 Å². The normalized spacial score (nSPS) is 18.7. The van der Waals surface area contributed by atoms with Crippen molar-refractivity contribution >= 4 is 0 Å². The Bertz CT molecular complexity index is 440. The van der Waals surface area contributed by atoms with Gasteiger partial charge in [0.25, 0.3) is 0 Å². The van der Waals surface area contributed by atoms with Gasteiger partial charge in [0, 0.05) is 44.3 Å². The second-order valence-electron chi connectivity index (χ2n) is 5.80. The molecule has 0 radical (unpaired) electrons. The molecule has 1 aromatic carbocycles. The molecular formula is C17H29N3O. The standard InChI is InChI=1S/C17H29N3O/c1-4-19-8-10-20(11-9-19)13-16-12-15(14(3)18)6-7-17(16)21-5-2/h6-7,12,14H,4-5,8-11,13,18H2,1-3H3. The molecule has 1 atom stereocenters. The van der Waals surface area contributed by atoms with Crippen LogP contribution >= 0.6 is 0 Å². The van der Waals surface area contributed by atoms with E-state index in [0.717, 1.165) is 45.0 Å². The minimum Gasteiger partial charge on any atom is -0.494 e. The number of piperazine rings is 1. The molecule has 4 heteroatoms. The average molecular weight is 291 g/mol. The van der Waals surface area contributed by atoms with Gasteiger partial charge in [-0.05, 0) is 38.1 Å². The Hall–Kier alpha value is -1.10. The third-order valence-electron chi connectivity index (χ3n) is 4.22. The molecule has 0 amide bonds. The quantitative estimate of drug-likeness (QED) is 0.873. The van der Waals surface area contributed by atoms with Crippen molar-refractivity contribution in [3.05, 3.63) is 29.3 Å². The van der Waals surface area contributed by atoms with Gasteiger partial charge in [-0.3, -0.25) is 4.90 Å². The molecule has 1 aliphatic heterocycles. The summed E-state index contributed by atoms with van der Waals surface area (Å²) >= 11 is 0. The summed E-state index contributed by atoms with van der Waals surface area (Å²) in [6.45, 7) is 13.7. The average Bonchev–Trinajstić information content (AvgIpc) is 2.50. The molecule has 1 heterocycles. The molecular weight excluding hydrogens is 262 g/mol. The van der Waals surface area contributed by atoms with E-state index in [4.69, 9.17) is 10.5 Å². The molecule has 2 rings (SSSR count). The number of nitrogens with two attached hydrogens (primary N) is 1. The van der Waals surface area contributed by atoms with E-state index in [-0.39, 0.29) is 6.04 Å². The number of hydrogen-bond donors (Lipinski definition) is 1. The molecule has 21 heavy (non-hydrogen) atoms. The highest BCUT2D eigenvalue weighted by atomic mass is 16.5. The number of rotatable bonds is 6. The van der Waals surface area contributed by atoms with Gasteiger partial charge in [-0.2, -0.15) is 0 Å². The van der Waals surface area contributed by atoms with Crippen LogP contribution in [0, 0.1) is 0 Å². The number of likely N-dealkylation sites (N-methyl/N-ethyl adjacent to an activating group) is 1. The summed E-state index contributed by atoms with van der Waals surface area (Å²) in [7, 11) is 0. The highest BCUT2D eigenvalue weighted by Gasteiger charge is 2.17. The molecule has 1 unspecified atom stereocenters. The van der Waals surface area contributed by atoms with E-state index in [9.17, 15) is 0 Å². The topological polar surface area (TPSA) is 41.7 Å². The Labute approximate surface area is 128 Å². The van der Waals surface area contributed by atoms with Crippen molar-refractivity contribution in [3.8, 4) is 5.75 Å². The van der Waals surface area contributed by atoms with Crippen LogP contribution in [0.1, 0.15) is 37.9 Å². The third kappa shape index (κ3) is 4.43. The summed E-state index contributed by atoms with van der Waals surface area (Å²) in [4.78, 5) is 5.01. The van der Waals surface area contributed by atoms with Crippen LogP contribution in [-0.2, 0) is 6.54 Å². The molecule has 4 nitrogen and oxygen atoms in total. The SMILES string of the molecule is CCOc1ccc(C(C)N)cc1CN1CCN(CC)CC1. The lowest BCUT2D eigenvalue weighted by Gasteiger charge is -2.34. The van der Waals surface area contributed by atoms with Gasteiger partial charge in [-0.15, -0.1) is 0 Å². The Balaban J connectivity index is 2.08. The molecule has 1 aromatic rings. The Morgan fingerprint density at radius 2 is 1.81 bits per heavy atom. The molecule has 1 fully saturated rings. The predicted octanol–water partition coefficient (Wildman–Crippen LogP) is 2.24. The summed E-state index contributed by atoms with van der Waals surface area (Å²) in [5.74, 6) is 1.000. The Morgan fingerprint density at radius 3 is 2.38 bits per heavy atom. The van der Waals surface area contributed by atoms with Gasteiger partial charge in [0.15, 0.2) is 0 Å². The zero-order valence-electron chi connectivity index (χ0n) is 13.6. The van der Waals surface area contributed by atoms with Crippen LogP contribution < -0.4 is 10.5 Å². The first-order valence-electron chi connectivity index (χ1n) is 8.10. The van der Waals surface area contributed by atoms with Crippen molar-refractivity contribution in [3.63, 3.8) is 0 Å². The lowest BCUT2D eigenvalue weighted by atomic mass is 10.0. The first-order valence-corrected chi connectivity index (χ1v) is 8.10. The lowest BCUT2D eigenvalue weighted by Crippen LogP contribution is -2.45. The molecule has 0 saturated carbocycles. The molecule has 1 saturated heterocycles. The molecule has 118 valence electrons. The number of benzene rings is 1. The summed E-state index contributed by atoms with van der Waals surface area (Å²) in [5.41, 5.74) is 8.46. The van der Waals surface area contributed by atoms with Crippen LogP contribution in [0.4, 0.5) is 0 Å². The molecule has 1 aliphatic rings. The van der Waals surface area contributed by atoms with Crippen LogP contribution in [0.5, 0.6) is 5.75 Å². The largest absolute Gasteiger partial charge is 0.494 e. The van der Waals surface area contributed by atoms with E-state index >= 15 is 0 Å². The lowest BCUT2D eigenvalue weighted by molar-refractivity contribution is 0.131. The smallest absolute Gasteiger partial charge is 0.123 e. The monoisotopic (exact) mass is 291 g/mol. The van der Waals surface area contributed by atoms with Crippen LogP contribution in [0.15, 0.2) is 18.2 Å². The van der Waals surface area contributed by atoms with Crippen molar-refractivity contribution in [1.82, 2.24) is 9.80 Å². The summed E-state index contributed by atoms with van der Waals surface area (Å²) in [6.07, 6.45) is 0. The predicted molar refractivity (Wildman–Crippen MR) is 87.6 cm³/mol. The van der Waals surface area contributed by atoms with Gasteiger partial charge < -0.3 is 15.4 Å². The van der Waals surface area contributed by atoms with Gasteiger partial charge in [0.05, 0.1) is 6.61 Å². The Morgan fingerprint density at radius 1 is 1.14 bits per heavy atom. The molecule has 0 spiro atoms. The van der Waals surface area contributed by atoms with Crippen molar-refractivity contribution < 1.29 is 4.74 Å². The first-order chi connectivity index (χ1) is 10.1. The van der Waals surface area contributed by atoms with Crippen molar-refractivity contribution in [1.29, 1.82) is 0 Å². The molecule has 0 aliphatic carbocycles. The minimum atomic E-state index is 0.0661. The zero-order valence-corrected chi connectivity index (χ0v) is 13.6. The van der Waals surface area contributed by atoms with E-state index in [1.165, 1.54) is 11.1 Å². The van der Waals surface area contributed by atoms with Crippen molar-refractivity contribution in [2.75, 3.05) is 39.3 Å². The van der Waals surface area contributed by atoms with E-state index in [2.05, 4.69) is 34.9 Å². The number of hydrogen-bond acceptors (Lipinski definition) is 4. The van der Waals surface area contributed by atoms with Gasteiger partial charge in [0.1, 0.15) is 5.75 Å². The zero-order chi connectivity index (χ0) is 15.2. The summed E-state index contributed by atoms with van der Waals surface area (Å²) in [5, 5.41) is 0. The highest BCUT2D eigenvalue weighted by Crippen LogP contribution is 2.24. The van der Waals surface area contributed by atoms with Crippen molar-refractivity contribution in [2.24, 2.45) is 5.73 Å². The van der Waals surface area contributed by atoms with Gasteiger partial charge >= 0.3 is 0 Å². The second-order valence-corrected chi connectivity index (χ2v) is 5.80. The fourth-order valence-corrected chi connectivity index (χ4v) is 2.81. The fourth-order valence-electron chi connectivity index (χ4n) is 2.81. The van der Waals surface area contributed by atoms with Crippen LogP contribution in [0.3, 0.4) is 0 Å². The highest BCUT2D eigenvalue weighted by molar-refractivity contribution is 5.38. The summed E-state index contributed by atoms with van der Waals surface area (Å²) < 4.78 is 5.78. The van der Waals surface area contributed by atoms with Crippen molar-refractivity contribution in [2.45, 2.75) is 33.4 Å². The first kappa shape index (κ1) is 16.3. The maximum Gasteiger partial charge on any atom is 0.123 e. The fraction of sp³-hybridized carbons (Fsp3) is 0.647. The molecule has 0 aromatic heterocycles. The number of ether oxygens (including phenoxy) is 1. The maximum absolute atomic E-state index is 6.01. The molecule has 2 N–H and O–H groups in total. The van der Waals surface area contributed by atoms with E-state index in [1.807, 2.05) is 13.8 Å². The molecule has 0 bridgehead atoms. The summed E-state index contributed by atoms with van der Waals surface area (Å²) in [6, 6.07) is 6.42. The Kier molecular flexibility index (Phi) is 6.03. The number of nitrogens with zero attached hydrogens (tertiary/aromatic N) is 2. The van der Waals surface area contributed by atoms with E-state index < -0.39 is 0 Å². The minimum absolute atomic E-state index is 0.0661. The van der Waals surface area contributed by atoms with Crippen LogP contribution in [-0.4, -0.2) is 49.1 Å².